The van der Waals surface area contributed by atoms with E-state index < -0.39 is 0 Å². The van der Waals surface area contributed by atoms with Crippen LogP contribution in [0.3, 0.4) is 0 Å². The maximum absolute atomic E-state index is 13.9. The summed E-state index contributed by atoms with van der Waals surface area (Å²) in [5.41, 5.74) is 4.85. The summed E-state index contributed by atoms with van der Waals surface area (Å²) < 4.78 is 13.9. The van der Waals surface area contributed by atoms with Crippen molar-refractivity contribution in [1.29, 1.82) is 0 Å². The summed E-state index contributed by atoms with van der Waals surface area (Å²) in [6.07, 6.45) is 1.75. The van der Waals surface area contributed by atoms with Gasteiger partial charge in [0.2, 0.25) is 0 Å². The van der Waals surface area contributed by atoms with E-state index in [0.29, 0.717) is 5.92 Å². The van der Waals surface area contributed by atoms with E-state index in [1.54, 1.807) is 12.1 Å². The third kappa shape index (κ3) is 4.15. The smallest absolute Gasteiger partial charge is 0.126 e. The molecule has 0 amide bonds. The second-order valence-corrected chi connectivity index (χ2v) is 5.79. The van der Waals surface area contributed by atoms with Crippen molar-refractivity contribution in [3.05, 3.63) is 70.5 Å². The second kappa shape index (κ2) is 7.37. The number of nitrogens with one attached hydrogen (secondary N) is 1. The molecule has 0 radical (unpaired) electrons. The van der Waals surface area contributed by atoms with Crippen molar-refractivity contribution in [3.63, 3.8) is 0 Å². The number of hydrogen-bond donors (Lipinski definition) is 1. The maximum atomic E-state index is 13.9. The minimum atomic E-state index is -0.0971. The van der Waals surface area contributed by atoms with Gasteiger partial charge in [-0.1, -0.05) is 36.4 Å². The van der Waals surface area contributed by atoms with E-state index in [1.807, 2.05) is 19.2 Å². The number of aryl methyl sites for hydroxylation is 2. The van der Waals surface area contributed by atoms with Crippen molar-refractivity contribution in [2.45, 2.75) is 26.7 Å². The Labute approximate surface area is 127 Å². The van der Waals surface area contributed by atoms with Gasteiger partial charge in [-0.3, -0.25) is 0 Å². The first-order chi connectivity index (χ1) is 10.1. The van der Waals surface area contributed by atoms with Gasteiger partial charge in [0.05, 0.1) is 0 Å². The second-order valence-electron chi connectivity index (χ2n) is 5.79. The Morgan fingerprint density at radius 1 is 0.952 bits per heavy atom. The van der Waals surface area contributed by atoms with Crippen LogP contribution in [-0.2, 0) is 12.8 Å². The lowest BCUT2D eigenvalue weighted by Crippen LogP contribution is -2.23. The molecule has 1 N–H and O–H groups in total. The predicted molar refractivity (Wildman–Crippen MR) is 87.1 cm³/mol. The Kier molecular flexibility index (Phi) is 5.51. The van der Waals surface area contributed by atoms with Gasteiger partial charge >= 0.3 is 0 Å². The van der Waals surface area contributed by atoms with Gasteiger partial charge in [0, 0.05) is 0 Å². The van der Waals surface area contributed by atoms with Crippen molar-refractivity contribution in [2.75, 3.05) is 13.6 Å². The van der Waals surface area contributed by atoms with Crippen LogP contribution in [0.1, 0.15) is 22.3 Å². The quantitative estimate of drug-likeness (QED) is 0.844. The lowest BCUT2D eigenvalue weighted by molar-refractivity contribution is 0.478. The Balaban J connectivity index is 2.18. The first-order valence-corrected chi connectivity index (χ1v) is 7.55. The third-order valence-corrected chi connectivity index (χ3v) is 4.10. The highest BCUT2D eigenvalue weighted by molar-refractivity contribution is 5.34. The molecular weight excluding hydrogens is 261 g/mol. The molecule has 2 heteroatoms. The fraction of sp³-hybridized carbons (Fsp3) is 0.368. The van der Waals surface area contributed by atoms with E-state index in [1.165, 1.54) is 16.7 Å². The van der Waals surface area contributed by atoms with E-state index in [-0.39, 0.29) is 5.82 Å². The van der Waals surface area contributed by atoms with E-state index in [4.69, 9.17) is 0 Å². The van der Waals surface area contributed by atoms with Crippen LogP contribution in [0.4, 0.5) is 4.39 Å². The average Bonchev–Trinajstić information content (AvgIpc) is 2.45. The molecule has 2 aromatic carbocycles. The van der Waals surface area contributed by atoms with Crippen molar-refractivity contribution in [3.8, 4) is 0 Å². The van der Waals surface area contributed by atoms with Gasteiger partial charge in [0.15, 0.2) is 0 Å². The topological polar surface area (TPSA) is 12.0 Å². The first kappa shape index (κ1) is 15.7. The molecule has 0 aliphatic heterocycles. The lowest BCUT2D eigenvalue weighted by Gasteiger charge is -2.20. The van der Waals surface area contributed by atoms with E-state index >= 15 is 0 Å². The molecular formula is C19H24FN. The molecule has 0 saturated heterocycles. The van der Waals surface area contributed by atoms with Crippen LogP contribution < -0.4 is 5.32 Å². The molecule has 112 valence electrons. The fourth-order valence-corrected chi connectivity index (χ4v) is 2.94. The van der Waals surface area contributed by atoms with E-state index in [2.05, 4.69) is 37.4 Å². The van der Waals surface area contributed by atoms with Gasteiger partial charge < -0.3 is 5.32 Å². The minimum Gasteiger partial charge on any atom is -0.319 e. The van der Waals surface area contributed by atoms with Crippen LogP contribution in [0.15, 0.2) is 42.5 Å². The molecule has 1 nitrogen and oxygen atoms in total. The molecule has 0 aliphatic rings. The monoisotopic (exact) mass is 285 g/mol. The molecule has 0 aliphatic carbocycles. The summed E-state index contributed by atoms with van der Waals surface area (Å²) in [4.78, 5) is 0. The van der Waals surface area contributed by atoms with Gasteiger partial charge in [0.25, 0.3) is 0 Å². The Hall–Kier alpha value is -1.67. The fourth-order valence-electron chi connectivity index (χ4n) is 2.94. The van der Waals surface area contributed by atoms with Gasteiger partial charge in [-0.05, 0) is 74.5 Å². The molecule has 1 unspecified atom stereocenters. The van der Waals surface area contributed by atoms with Crippen LogP contribution in [0.5, 0.6) is 0 Å². The van der Waals surface area contributed by atoms with Gasteiger partial charge in [0.1, 0.15) is 5.82 Å². The molecule has 0 aromatic heterocycles. The SMILES string of the molecule is CNCC(Cc1ccccc1F)Cc1c(C)cccc1C. The summed E-state index contributed by atoms with van der Waals surface area (Å²) in [7, 11) is 1.96. The van der Waals surface area contributed by atoms with Crippen LogP contribution >= 0.6 is 0 Å². The van der Waals surface area contributed by atoms with Crippen LogP contribution in [0.25, 0.3) is 0 Å². The predicted octanol–water partition coefficient (Wildman–Crippen LogP) is 4.06. The van der Waals surface area contributed by atoms with Crippen LogP contribution in [-0.4, -0.2) is 13.6 Å². The maximum Gasteiger partial charge on any atom is 0.126 e. The molecule has 2 aromatic rings. The molecule has 0 saturated carbocycles. The highest BCUT2D eigenvalue weighted by Gasteiger charge is 2.14. The summed E-state index contributed by atoms with van der Waals surface area (Å²) in [6, 6.07) is 13.5. The highest BCUT2D eigenvalue weighted by Crippen LogP contribution is 2.21. The highest BCUT2D eigenvalue weighted by atomic mass is 19.1. The average molecular weight is 285 g/mol. The molecule has 0 fully saturated rings. The van der Waals surface area contributed by atoms with Crippen molar-refractivity contribution in [2.24, 2.45) is 5.92 Å². The van der Waals surface area contributed by atoms with E-state index in [0.717, 1.165) is 24.9 Å². The summed E-state index contributed by atoms with van der Waals surface area (Å²) in [5.74, 6) is 0.298. The Morgan fingerprint density at radius 3 is 2.24 bits per heavy atom. The summed E-state index contributed by atoms with van der Waals surface area (Å²) in [5, 5.41) is 3.24. The largest absolute Gasteiger partial charge is 0.319 e. The number of hydrogen-bond acceptors (Lipinski definition) is 1. The minimum absolute atomic E-state index is 0.0971. The third-order valence-electron chi connectivity index (χ3n) is 4.10. The van der Waals surface area contributed by atoms with Crippen LogP contribution in [0, 0.1) is 25.6 Å². The zero-order valence-corrected chi connectivity index (χ0v) is 13.1. The molecule has 2 rings (SSSR count). The molecule has 1 atom stereocenters. The normalized spacial score (nSPS) is 12.4. The van der Waals surface area contributed by atoms with Crippen LogP contribution in [0.2, 0.25) is 0 Å². The number of rotatable bonds is 6. The number of halogens is 1. The van der Waals surface area contributed by atoms with Crippen molar-refractivity contribution >= 4 is 0 Å². The molecule has 0 heterocycles. The van der Waals surface area contributed by atoms with Gasteiger partial charge in [-0.25, -0.2) is 4.39 Å². The molecule has 0 spiro atoms. The van der Waals surface area contributed by atoms with Gasteiger partial charge in [-0.15, -0.1) is 0 Å². The molecule has 0 bridgehead atoms. The van der Waals surface area contributed by atoms with Crippen molar-refractivity contribution < 1.29 is 4.39 Å². The standard InChI is InChI=1S/C19H24FN/c1-14-7-6-8-15(2)18(14)12-16(13-21-3)11-17-9-4-5-10-19(17)20/h4-10,16,21H,11-13H2,1-3H3. The Morgan fingerprint density at radius 2 is 1.62 bits per heavy atom. The van der Waals surface area contributed by atoms with E-state index in [9.17, 15) is 4.39 Å². The van der Waals surface area contributed by atoms with Gasteiger partial charge in [-0.2, -0.15) is 0 Å². The molecule has 21 heavy (non-hydrogen) atoms. The first-order valence-electron chi connectivity index (χ1n) is 7.55. The zero-order valence-electron chi connectivity index (χ0n) is 13.1. The zero-order chi connectivity index (χ0) is 15.2. The Bertz CT molecular complexity index is 572. The number of benzene rings is 2. The summed E-state index contributed by atoms with van der Waals surface area (Å²) >= 11 is 0. The van der Waals surface area contributed by atoms with Crippen molar-refractivity contribution in [1.82, 2.24) is 5.32 Å². The lowest BCUT2D eigenvalue weighted by atomic mass is 9.88. The summed E-state index contributed by atoms with van der Waals surface area (Å²) in [6.45, 7) is 5.20.